The van der Waals surface area contributed by atoms with Crippen molar-refractivity contribution >= 4 is 16.9 Å². The average Bonchev–Trinajstić information content (AvgIpc) is 3.00. The van der Waals surface area contributed by atoms with Crippen LogP contribution in [0.4, 0.5) is 0 Å². The lowest BCUT2D eigenvalue weighted by Gasteiger charge is -2.20. The van der Waals surface area contributed by atoms with E-state index >= 15 is 0 Å². The van der Waals surface area contributed by atoms with E-state index in [1.807, 2.05) is 0 Å². The van der Waals surface area contributed by atoms with Crippen molar-refractivity contribution in [3.63, 3.8) is 0 Å². The van der Waals surface area contributed by atoms with Crippen LogP contribution in [0.2, 0.25) is 0 Å². The molecule has 0 spiro atoms. The van der Waals surface area contributed by atoms with E-state index in [-0.39, 0.29) is 5.78 Å². The molecule has 0 unspecified atom stereocenters. The molecule has 3 rings (SSSR count). The van der Waals surface area contributed by atoms with Gasteiger partial charge < -0.3 is 0 Å². The first-order valence-electron chi connectivity index (χ1n) is 11.7. The van der Waals surface area contributed by atoms with Crippen LogP contribution in [-0.4, -0.2) is 5.78 Å². The van der Waals surface area contributed by atoms with Gasteiger partial charge in [0.1, 0.15) is 0 Å². The van der Waals surface area contributed by atoms with Gasteiger partial charge in [0.25, 0.3) is 0 Å². The van der Waals surface area contributed by atoms with Crippen LogP contribution in [-0.2, 0) is 0 Å². The van der Waals surface area contributed by atoms with Crippen LogP contribution in [0.1, 0.15) is 93.2 Å². The summed E-state index contributed by atoms with van der Waals surface area (Å²) in [6.45, 7) is 28.2. The zero-order chi connectivity index (χ0) is 24.2. The topological polar surface area (TPSA) is 17.1 Å². The third-order valence-electron chi connectivity index (χ3n) is 8.15. The molecular formula is C31H38O. The standard InChI is InChI=1S/C31H38O/c1-13-26(20(7)24(11)27-16(3)14-15(2)17(4)21(27)8)29-25(12)28-22(9)18(5)19(6)23(10)30(28)31(29)32/h14H,12-13H2,1-11H3/b24-20-,29-26-. The van der Waals surface area contributed by atoms with Gasteiger partial charge in [0.15, 0.2) is 5.78 Å². The molecule has 0 fully saturated rings. The van der Waals surface area contributed by atoms with Crippen molar-refractivity contribution in [2.45, 2.75) is 82.6 Å². The maximum atomic E-state index is 13.8. The van der Waals surface area contributed by atoms with Crippen molar-refractivity contribution in [3.05, 3.63) is 90.6 Å². The molecule has 0 heterocycles. The second-order valence-electron chi connectivity index (χ2n) is 9.65. The van der Waals surface area contributed by atoms with Gasteiger partial charge in [0.05, 0.1) is 0 Å². The highest BCUT2D eigenvalue weighted by Crippen LogP contribution is 2.45. The van der Waals surface area contributed by atoms with Gasteiger partial charge in [-0.2, -0.15) is 0 Å². The van der Waals surface area contributed by atoms with Gasteiger partial charge in [-0.25, -0.2) is 0 Å². The molecule has 32 heavy (non-hydrogen) atoms. The zero-order valence-electron chi connectivity index (χ0n) is 21.9. The highest BCUT2D eigenvalue weighted by atomic mass is 16.1. The summed E-state index contributed by atoms with van der Waals surface area (Å²) in [5, 5.41) is 0. The van der Waals surface area contributed by atoms with Gasteiger partial charge >= 0.3 is 0 Å². The van der Waals surface area contributed by atoms with Crippen LogP contribution in [0, 0.1) is 55.4 Å². The minimum Gasteiger partial charge on any atom is -0.289 e. The first-order valence-corrected chi connectivity index (χ1v) is 11.7. The Morgan fingerprint density at radius 1 is 0.750 bits per heavy atom. The highest BCUT2D eigenvalue weighted by Gasteiger charge is 2.35. The first kappa shape index (κ1) is 24.0. The van der Waals surface area contributed by atoms with Crippen molar-refractivity contribution < 1.29 is 4.79 Å². The Balaban J connectivity index is 2.33. The third-order valence-corrected chi connectivity index (χ3v) is 8.15. The largest absolute Gasteiger partial charge is 0.289 e. The third kappa shape index (κ3) is 3.34. The number of Topliss-reactive ketones (excluding diaryl/α,β-unsaturated/α-hetero) is 1. The summed E-state index contributed by atoms with van der Waals surface area (Å²) in [5.74, 6) is 0.145. The number of hydrogen-bond donors (Lipinski definition) is 0. The molecule has 2 aromatic carbocycles. The molecule has 1 heteroatoms. The van der Waals surface area contributed by atoms with E-state index < -0.39 is 0 Å². The number of carbonyl (C=O) groups excluding carboxylic acids is 1. The number of carbonyl (C=O) groups is 1. The van der Waals surface area contributed by atoms with E-state index in [4.69, 9.17) is 0 Å². The quantitative estimate of drug-likeness (QED) is 0.449. The molecule has 0 radical (unpaired) electrons. The number of benzene rings is 2. The molecule has 0 amide bonds. The van der Waals surface area contributed by atoms with Crippen molar-refractivity contribution in [2.75, 3.05) is 0 Å². The van der Waals surface area contributed by atoms with Gasteiger partial charge in [-0.3, -0.25) is 4.79 Å². The van der Waals surface area contributed by atoms with Crippen molar-refractivity contribution in [1.29, 1.82) is 0 Å². The number of ketones is 1. The predicted molar refractivity (Wildman–Crippen MR) is 140 cm³/mol. The Morgan fingerprint density at radius 2 is 1.28 bits per heavy atom. The molecular weight excluding hydrogens is 388 g/mol. The van der Waals surface area contributed by atoms with Crippen LogP contribution in [0.25, 0.3) is 11.1 Å². The number of allylic oxidation sites excluding steroid dienone is 5. The summed E-state index contributed by atoms with van der Waals surface area (Å²) in [4.78, 5) is 13.8. The lowest BCUT2D eigenvalue weighted by molar-refractivity contribution is 0.104. The van der Waals surface area contributed by atoms with Gasteiger partial charge in [-0.1, -0.05) is 19.6 Å². The van der Waals surface area contributed by atoms with Crippen LogP contribution in [0.3, 0.4) is 0 Å². The maximum Gasteiger partial charge on any atom is 0.194 e. The van der Waals surface area contributed by atoms with Crippen LogP contribution in [0.5, 0.6) is 0 Å². The normalized spacial score (nSPS) is 15.8. The molecule has 0 saturated heterocycles. The molecule has 0 saturated carbocycles. The number of rotatable bonds is 3. The van der Waals surface area contributed by atoms with Gasteiger partial charge in [0, 0.05) is 11.1 Å². The van der Waals surface area contributed by atoms with Gasteiger partial charge in [-0.15, -0.1) is 0 Å². The van der Waals surface area contributed by atoms with E-state index in [0.29, 0.717) is 0 Å². The van der Waals surface area contributed by atoms with Crippen LogP contribution >= 0.6 is 0 Å². The summed E-state index contributed by atoms with van der Waals surface area (Å²) in [7, 11) is 0. The molecule has 0 aliphatic heterocycles. The fourth-order valence-electron chi connectivity index (χ4n) is 5.58. The molecule has 2 aromatic rings. The fourth-order valence-corrected chi connectivity index (χ4v) is 5.58. The Labute approximate surface area is 195 Å². The van der Waals surface area contributed by atoms with Crippen LogP contribution < -0.4 is 0 Å². The summed E-state index contributed by atoms with van der Waals surface area (Å²) in [5.41, 5.74) is 18.6. The Morgan fingerprint density at radius 3 is 1.81 bits per heavy atom. The first-order chi connectivity index (χ1) is 14.9. The number of fused-ring (bicyclic) bond motifs is 1. The lowest BCUT2D eigenvalue weighted by Crippen LogP contribution is -2.06. The highest BCUT2D eigenvalue weighted by molar-refractivity contribution is 6.28. The molecule has 1 aliphatic rings. The molecule has 0 N–H and O–H groups in total. The van der Waals surface area contributed by atoms with E-state index in [2.05, 4.69) is 88.8 Å². The molecule has 0 bridgehead atoms. The Kier molecular flexibility index (Phi) is 6.26. The number of hydrogen-bond acceptors (Lipinski definition) is 1. The molecule has 168 valence electrons. The van der Waals surface area contributed by atoms with Crippen LogP contribution in [0.15, 0.2) is 29.4 Å². The summed E-state index contributed by atoms with van der Waals surface area (Å²) in [6.07, 6.45) is 0.802. The van der Waals surface area contributed by atoms with E-state index in [1.54, 1.807) is 0 Å². The maximum absolute atomic E-state index is 13.8. The van der Waals surface area contributed by atoms with Gasteiger partial charge in [0.2, 0.25) is 0 Å². The van der Waals surface area contributed by atoms with Crippen molar-refractivity contribution in [3.8, 4) is 0 Å². The summed E-state index contributed by atoms with van der Waals surface area (Å²) >= 11 is 0. The molecule has 0 atom stereocenters. The lowest BCUT2D eigenvalue weighted by atomic mass is 9.84. The number of aryl methyl sites for hydroxylation is 2. The van der Waals surface area contributed by atoms with Gasteiger partial charge in [-0.05, 0) is 154 Å². The predicted octanol–water partition coefficient (Wildman–Crippen LogP) is 8.56. The van der Waals surface area contributed by atoms with E-state index in [1.165, 1.54) is 55.7 Å². The Bertz CT molecular complexity index is 1210. The van der Waals surface area contributed by atoms with Crippen molar-refractivity contribution in [2.24, 2.45) is 0 Å². The van der Waals surface area contributed by atoms with E-state index in [9.17, 15) is 4.79 Å². The molecule has 1 aliphatic carbocycles. The second kappa shape index (κ2) is 8.35. The van der Waals surface area contributed by atoms with E-state index in [0.717, 1.165) is 39.8 Å². The summed E-state index contributed by atoms with van der Waals surface area (Å²) in [6, 6.07) is 2.28. The average molecular weight is 427 g/mol. The minimum atomic E-state index is 0.145. The fraction of sp³-hybridized carbons (Fsp3) is 0.387. The Hall–Kier alpha value is -2.67. The second-order valence-corrected chi connectivity index (χ2v) is 9.65. The monoisotopic (exact) mass is 426 g/mol. The van der Waals surface area contributed by atoms with Crippen molar-refractivity contribution in [1.82, 2.24) is 0 Å². The summed E-state index contributed by atoms with van der Waals surface area (Å²) < 4.78 is 0. The molecule has 1 nitrogen and oxygen atoms in total. The molecule has 0 aromatic heterocycles. The smallest absolute Gasteiger partial charge is 0.194 e. The SMILES string of the molecule is C=C1/C(=C(CC)/C(C)=C(/C)c2c(C)cc(C)c(C)c2C)C(=O)c2c(C)c(C)c(C)c(C)c21. The zero-order valence-corrected chi connectivity index (χ0v) is 21.9. The minimum absolute atomic E-state index is 0.145.